The molecule has 96 valence electrons. The minimum atomic E-state index is -0.444. The van der Waals surface area contributed by atoms with E-state index in [0.717, 1.165) is 36.8 Å². The molecule has 0 N–H and O–H groups in total. The largest absolute Gasteiger partial charge is 0.380 e. The zero-order valence-electron chi connectivity index (χ0n) is 10.4. The predicted octanol–water partition coefficient (Wildman–Crippen LogP) is 3.59. The van der Waals surface area contributed by atoms with Crippen LogP contribution in [0.4, 0.5) is 0 Å². The number of carbonyl (C=O) groups excluding carboxylic acids is 1. The number of halogens is 1. The van der Waals surface area contributed by atoms with Crippen LogP contribution in [0.3, 0.4) is 0 Å². The van der Waals surface area contributed by atoms with Crippen LogP contribution in [0.5, 0.6) is 0 Å². The maximum atomic E-state index is 10.7. The van der Waals surface area contributed by atoms with Crippen molar-refractivity contribution in [3.05, 3.63) is 34.3 Å². The first-order valence-corrected chi connectivity index (χ1v) is 6.46. The molecule has 0 saturated heterocycles. The van der Waals surface area contributed by atoms with Crippen molar-refractivity contribution in [2.45, 2.75) is 37.8 Å². The number of nitrogens with zero attached hydrogens (tertiary/aromatic N) is 1. The van der Waals surface area contributed by atoms with Crippen molar-refractivity contribution in [1.29, 1.82) is 0 Å². The molecule has 1 aromatic carbocycles. The molecule has 1 aliphatic rings. The molecule has 1 fully saturated rings. The van der Waals surface area contributed by atoms with E-state index in [1.54, 1.807) is 13.2 Å². The molecule has 1 aliphatic carbocycles. The standard InChI is InChI=1S/C14H16ClNO2/c1-18-9-11-4-5-12(15)8-13(11)14(16-10-17)6-2-3-7-14/h4-5,8H,2-3,6-7,9H2,1H3. The summed E-state index contributed by atoms with van der Waals surface area (Å²) in [5.74, 6) is 0. The van der Waals surface area contributed by atoms with Crippen molar-refractivity contribution in [3.8, 4) is 0 Å². The highest BCUT2D eigenvalue weighted by Gasteiger charge is 2.37. The molecule has 3 nitrogen and oxygen atoms in total. The summed E-state index contributed by atoms with van der Waals surface area (Å²) in [6.07, 6.45) is 5.62. The summed E-state index contributed by atoms with van der Waals surface area (Å²) in [5.41, 5.74) is 1.61. The molecule has 0 atom stereocenters. The van der Waals surface area contributed by atoms with Crippen molar-refractivity contribution >= 4 is 17.7 Å². The van der Waals surface area contributed by atoms with Crippen LogP contribution < -0.4 is 0 Å². The van der Waals surface area contributed by atoms with Crippen molar-refractivity contribution in [3.63, 3.8) is 0 Å². The lowest BCUT2D eigenvalue weighted by Gasteiger charge is -2.26. The topological polar surface area (TPSA) is 38.7 Å². The Morgan fingerprint density at radius 3 is 2.78 bits per heavy atom. The van der Waals surface area contributed by atoms with Crippen LogP contribution in [0.25, 0.3) is 0 Å². The van der Waals surface area contributed by atoms with Crippen LogP contribution >= 0.6 is 11.6 Å². The number of methoxy groups -OCH3 is 1. The molecule has 1 saturated carbocycles. The summed E-state index contributed by atoms with van der Waals surface area (Å²) in [6, 6.07) is 5.69. The Morgan fingerprint density at radius 2 is 2.17 bits per heavy atom. The first-order valence-electron chi connectivity index (χ1n) is 6.09. The van der Waals surface area contributed by atoms with Crippen LogP contribution in [0, 0.1) is 0 Å². The predicted molar refractivity (Wildman–Crippen MR) is 70.4 cm³/mol. The summed E-state index contributed by atoms with van der Waals surface area (Å²) < 4.78 is 5.21. The van der Waals surface area contributed by atoms with Gasteiger partial charge in [-0.3, -0.25) is 0 Å². The van der Waals surface area contributed by atoms with E-state index in [1.165, 1.54) is 0 Å². The molecule has 0 amide bonds. The monoisotopic (exact) mass is 265 g/mol. The number of rotatable bonds is 4. The Morgan fingerprint density at radius 1 is 1.44 bits per heavy atom. The molecule has 0 spiro atoms. The van der Waals surface area contributed by atoms with E-state index in [1.807, 2.05) is 18.2 Å². The minimum absolute atomic E-state index is 0.444. The molecular formula is C14H16ClNO2. The lowest BCUT2D eigenvalue weighted by atomic mass is 9.85. The van der Waals surface area contributed by atoms with Gasteiger partial charge in [0.1, 0.15) is 0 Å². The fraction of sp³-hybridized carbons (Fsp3) is 0.500. The molecule has 2 rings (SSSR count). The quantitative estimate of drug-likeness (QED) is 0.616. The molecular weight excluding hydrogens is 250 g/mol. The lowest BCUT2D eigenvalue weighted by Crippen LogP contribution is -2.21. The summed E-state index contributed by atoms with van der Waals surface area (Å²) >= 11 is 6.08. The van der Waals surface area contributed by atoms with Gasteiger partial charge in [-0.05, 0) is 36.1 Å². The molecule has 0 aromatic heterocycles. The molecule has 0 aliphatic heterocycles. The van der Waals surface area contributed by atoms with E-state index in [-0.39, 0.29) is 0 Å². The number of benzene rings is 1. The second-order valence-electron chi connectivity index (χ2n) is 4.68. The Bertz CT molecular complexity index is 475. The third-order valence-electron chi connectivity index (χ3n) is 3.56. The first kappa shape index (κ1) is 13.3. The number of hydrogen-bond donors (Lipinski definition) is 0. The van der Waals surface area contributed by atoms with Gasteiger partial charge >= 0.3 is 0 Å². The van der Waals surface area contributed by atoms with Gasteiger partial charge in [0, 0.05) is 12.1 Å². The summed E-state index contributed by atoms with van der Waals surface area (Å²) in [6.45, 7) is 0.503. The molecule has 0 heterocycles. The summed E-state index contributed by atoms with van der Waals surface area (Å²) in [4.78, 5) is 14.8. The average Bonchev–Trinajstić information content (AvgIpc) is 2.82. The second-order valence-corrected chi connectivity index (χ2v) is 5.11. The molecule has 1 aromatic rings. The van der Waals surface area contributed by atoms with E-state index in [9.17, 15) is 4.79 Å². The summed E-state index contributed by atoms with van der Waals surface area (Å²) in [5, 5.41) is 0.664. The molecule has 4 heteroatoms. The third-order valence-corrected chi connectivity index (χ3v) is 3.80. The van der Waals surface area contributed by atoms with Gasteiger partial charge in [-0.2, -0.15) is 4.99 Å². The number of hydrogen-bond acceptors (Lipinski definition) is 3. The summed E-state index contributed by atoms with van der Waals surface area (Å²) in [7, 11) is 1.66. The van der Waals surface area contributed by atoms with Gasteiger partial charge in [-0.1, -0.05) is 30.5 Å². The van der Waals surface area contributed by atoms with Gasteiger partial charge in [0.2, 0.25) is 6.08 Å². The Hall–Kier alpha value is -1.15. The zero-order valence-corrected chi connectivity index (χ0v) is 11.2. The fourth-order valence-electron chi connectivity index (χ4n) is 2.75. The fourth-order valence-corrected chi connectivity index (χ4v) is 2.92. The van der Waals surface area contributed by atoms with Crippen LogP contribution in [0.15, 0.2) is 23.2 Å². The van der Waals surface area contributed by atoms with Crippen LogP contribution in [0.2, 0.25) is 5.02 Å². The number of ether oxygens (including phenoxy) is 1. The maximum Gasteiger partial charge on any atom is 0.235 e. The second kappa shape index (κ2) is 5.66. The van der Waals surface area contributed by atoms with Crippen molar-refractivity contribution in [2.75, 3.05) is 7.11 Å². The lowest BCUT2D eigenvalue weighted by molar-refractivity contribution is 0.182. The highest BCUT2D eigenvalue weighted by molar-refractivity contribution is 6.30. The molecule has 18 heavy (non-hydrogen) atoms. The van der Waals surface area contributed by atoms with Gasteiger partial charge in [-0.25, -0.2) is 4.79 Å². The van der Waals surface area contributed by atoms with Gasteiger partial charge in [0.15, 0.2) is 0 Å². The van der Waals surface area contributed by atoms with Gasteiger partial charge in [0.25, 0.3) is 0 Å². The third kappa shape index (κ3) is 2.49. The van der Waals surface area contributed by atoms with Crippen LogP contribution in [-0.2, 0) is 21.7 Å². The van der Waals surface area contributed by atoms with Crippen LogP contribution in [0.1, 0.15) is 36.8 Å². The zero-order chi connectivity index (χ0) is 13.0. The highest BCUT2D eigenvalue weighted by Crippen LogP contribution is 2.44. The van der Waals surface area contributed by atoms with E-state index in [4.69, 9.17) is 16.3 Å². The van der Waals surface area contributed by atoms with E-state index >= 15 is 0 Å². The van der Waals surface area contributed by atoms with Crippen molar-refractivity contribution in [2.24, 2.45) is 4.99 Å². The first-order chi connectivity index (χ1) is 8.72. The van der Waals surface area contributed by atoms with E-state index in [0.29, 0.717) is 11.6 Å². The normalized spacial score (nSPS) is 17.4. The number of aliphatic imine (C=N–C) groups is 1. The number of isocyanates is 1. The van der Waals surface area contributed by atoms with Crippen molar-refractivity contribution < 1.29 is 9.53 Å². The van der Waals surface area contributed by atoms with Crippen molar-refractivity contribution in [1.82, 2.24) is 0 Å². The minimum Gasteiger partial charge on any atom is -0.380 e. The molecule has 0 bridgehead atoms. The van der Waals surface area contributed by atoms with Gasteiger partial charge in [-0.15, -0.1) is 0 Å². The van der Waals surface area contributed by atoms with Gasteiger partial charge < -0.3 is 4.74 Å². The molecule has 0 unspecified atom stereocenters. The Labute approximate surface area is 112 Å². The van der Waals surface area contributed by atoms with Crippen LogP contribution in [-0.4, -0.2) is 13.2 Å². The SMILES string of the molecule is COCc1ccc(Cl)cc1C1(N=C=O)CCCC1. The highest BCUT2D eigenvalue weighted by atomic mass is 35.5. The average molecular weight is 266 g/mol. The Kier molecular flexibility index (Phi) is 4.18. The Balaban J connectivity index is 2.52. The smallest absolute Gasteiger partial charge is 0.235 e. The maximum absolute atomic E-state index is 10.7. The molecule has 0 radical (unpaired) electrons. The van der Waals surface area contributed by atoms with E-state index in [2.05, 4.69) is 4.99 Å². The van der Waals surface area contributed by atoms with Gasteiger partial charge in [0.05, 0.1) is 12.1 Å². The van der Waals surface area contributed by atoms with E-state index < -0.39 is 5.54 Å².